The van der Waals surface area contributed by atoms with Gasteiger partial charge in [-0.3, -0.25) is 0 Å². The fraction of sp³-hybridized carbons (Fsp3) is 0.407. The van der Waals surface area contributed by atoms with Crippen molar-refractivity contribution in [2.75, 3.05) is 50.2 Å². The van der Waals surface area contributed by atoms with Gasteiger partial charge in [0.05, 0.1) is 25.6 Å². The summed E-state index contributed by atoms with van der Waals surface area (Å²) in [5, 5.41) is 0. The summed E-state index contributed by atoms with van der Waals surface area (Å²) in [5.41, 5.74) is 5.60. The maximum absolute atomic E-state index is 5.77. The molecule has 0 fully saturated rings. The first-order valence-electron chi connectivity index (χ1n) is 11.3. The molecule has 0 atom stereocenters. The highest BCUT2D eigenvalue weighted by molar-refractivity contribution is 5.84. The molecule has 0 unspecified atom stereocenters. The fourth-order valence-electron chi connectivity index (χ4n) is 3.89. The Bertz CT molecular complexity index is 829. The van der Waals surface area contributed by atoms with E-state index in [2.05, 4.69) is 86.0 Å². The van der Waals surface area contributed by atoms with Crippen molar-refractivity contribution in [1.82, 2.24) is 0 Å². The van der Waals surface area contributed by atoms with Gasteiger partial charge in [-0.05, 0) is 75.6 Å². The molecule has 31 heavy (non-hydrogen) atoms. The second-order valence-electron chi connectivity index (χ2n) is 7.22. The number of hydrogen-bond donors (Lipinski definition) is 0. The summed E-state index contributed by atoms with van der Waals surface area (Å²) < 4.78 is 11.5. The largest absolute Gasteiger partial charge is 0.495 e. The molecule has 0 amide bonds. The van der Waals surface area contributed by atoms with Crippen LogP contribution in [-0.4, -0.2) is 40.4 Å². The SMILES string of the molecule is C/C=C/C=C(c1ccc(N(CC)CC)c(OC)c1)c1ccc(N(CC)CC)c(OC)c1. The Labute approximate surface area is 188 Å². The Hall–Kier alpha value is -2.88. The minimum atomic E-state index is 0.888. The van der Waals surface area contributed by atoms with E-state index in [4.69, 9.17) is 9.47 Å². The molecule has 168 valence electrons. The minimum absolute atomic E-state index is 0.888. The van der Waals surface area contributed by atoms with Crippen molar-refractivity contribution < 1.29 is 9.47 Å². The number of allylic oxidation sites excluding steroid dienone is 3. The third-order valence-corrected chi connectivity index (χ3v) is 5.65. The molecule has 2 aromatic rings. The smallest absolute Gasteiger partial charge is 0.142 e. The van der Waals surface area contributed by atoms with Crippen molar-refractivity contribution in [2.45, 2.75) is 34.6 Å². The van der Waals surface area contributed by atoms with Crippen LogP contribution in [0.15, 0.2) is 54.6 Å². The van der Waals surface area contributed by atoms with Crippen molar-refractivity contribution in [3.63, 3.8) is 0 Å². The van der Waals surface area contributed by atoms with E-state index >= 15 is 0 Å². The number of rotatable bonds is 11. The molecule has 0 saturated heterocycles. The van der Waals surface area contributed by atoms with Gasteiger partial charge in [0.15, 0.2) is 0 Å². The number of anilines is 2. The molecule has 0 spiro atoms. The zero-order valence-corrected chi connectivity index (χ0v) is 20.2. The van der Waals surface area contributed by atoms with Gasteiger partial charge in [0, 0.05) is 26.2 Å². The summed E-state index contributed by atoms with van der Waals surface area (Å²) in [7, 11) is 3.48. The summed E-state index contributed by atoms with van der Waals surface area (Å²) >= 11 is 0. The molecule has 0 radical (unpaired) electrons. The molecule has 0 saturated carbocycles. The molecule has 0 N–H and O–H groups in total. The molecule has 0 aliphatic heterocycles. The van der Waals surface area contributed by atoms with Gasteiger partial charge in [-0.2, -0.15) is 0 Å². The summed E-state index contributed by atoms with van der Waals surface area (Å²) in [6.07, 6.45) is 6.27. The predicted molar refractivity (Wildman–Crippen MR) is 135 cm³/mol. The first-order chi connectivity index (χ1) is 15.1. The van der Waals surface area contributed by atoms with Crippen LogP contribution in [0.2, 0.25) is 0 Å². The third kappa shape index (κ3) is 5.63. The normalized spacial score (nSPS) is 10.8. The van der Waals surface area contributed by atoms with Crippen LogP contribution in [0, 0.1) is 0 Å². The molecule has 2 rings (SSSR count). The van der Waals surface area contributed by atoms with E-state index < -0.39 is 0 Å². The molecular weight excluding hydrogens is 384 g/mol. The van der Waals surface area contributed by atoms with E-state index in [9.17, 15) is 0 Å². The minimum Gasteiger partial charge on any atom is -0.495 e. The van der Waals surface area contributed by atoms with Gasteiger partial charge in [0.2, 0.25) is 0 Å². The lowest BCUT2D eigenvalue weighted by atomic mass is 9.96. The number of benzene rings is 2. The van der Waals surface area contributed by atoms with E-state index in [1.807, 2.05) is 13.0 Å². The second-order valence-corrected chi connectivity index (χ2v) is 7.22. The molecule has 4 nitrogen and oxygen atoms in total. The Kier molecular flexibility index (Phi) is 9.51. The maximum atomic E-state index is 5.77. The molecule has 0 heterocycles. The lowest BCUT2D eigenvalue weighted by molar-refractivity contribution is 0.414. The Morgan fingerprint density at radius 2 is 1.16 bits per heavy atom. The van der Waals surface area contributed by atoms with Crippen LogP contribution < -0.4 is 19.3 Å². The van der Waals surface area contributed by atoms with Crippen molar-refractivity contribution in [2.24, 2.45) is 0 Å². The van der Waals surface area contributed by atoms with Crippen LogP contribution in [0.25, 0.3) is 5.57 Å². The number of methoxy groups -OCH3 is 2. The van der Waals surface area contributed by atoms with Crippen molar-refractivity contribution in [1.29, 1.82) is 0 Å². The first-order valence-corrected chi connectivity index (χ1v) is 11.3. The fourth-order valence-corrected chi connectivity index (χ4v) is 3.89. The monoisotopic (exact) mass is 422 g/mol. The highest BCUT2D eigenvalue weighted by atomic mass is 16.5. The van der Waals surface area contributed by atoms with Crippen LogP contribution in [0.4, 0.5) is 11.4 Å². The van der Waals surface area contributed by atoms with Gasteiger partial charge >= 0.3 is 0 Å². The van der Waals surface area contributed by atoms with Gasteiger partial charge in [0.1, 0.15) is 11.5 Å². The van der Waals surface area contributed by atoms with Gasteiger partial charge < -0.3 is 19.3 Å². The van der Waals surface area contributed by atoms with Gasteiger partial charge in [-0.25, -0.2) is 0 Å². The van der Waals surface area contributed by atoms with Crippen molar-refractivity contribution in [3.05, 3.63) is 65.8 Å². The van der Waals surface area contributed by atoms with Crippen LogP contribution >= 0.6 is 0 Å². The second kappa shape index (κ2) is 12.1. The van der Waals surface area contributed by atoms with Crippen LogP contribution in [0.1, 0.15) is 45.7 Å². The van der Waals surface area contributed by atoms with E-state index in [1.165, 1.54) is 0 Å². The van der Waals surface area contributed by atoms with Crippen molar-refractivity contribution in [3.8, 4) is 11.5 Å². The quantitative estimate of drug-likeness (QED) is 0.391. The predicted octanol–water partition coefficient (Wildman–Crippen LogP) is 6.40. The zero-order chi connectivity index (χ0) is 22.8. The lowest BCUT2D eigenvalue weighted by Crippen LogP contribution is -2.22. The molecule has 0 aromatic heterocycles. The Morgan fingerprint density at radius 3 is 1.48 bits per heavy atom. The standard InChI is InChI=1S/C27H38N2O2/c1-8-13-14-23(21-15-17-24(26(19-21)30-6)28(9-2)10-3)22-16-18-25(27(20-22)31-7)29(11-4)12-5/h8,13-20H,9-12H2,1-7H3/b13-8+. The number of ether oxygens (including phenoxy) is 2. The molecule has 0 aliphatic carbocycles. The maximum Gasteiger partial charge on any atom is 0.142 e. The van der Waals surface area contributed by atoms with Crippen molar-refractivity contribution >= 4 is 16.9 Å². The molecule has 4 heteroatoms. The van der Waals surface area contributed by atoms with Gasteiger partial charge in [-0.15, -0.1) is 0 Å². The lowest BCUT2D eigenvalue weighted by Gasteiger charge is -2.25. The molecule has 0 bridgehead atoms. The van der Waals surface area contributed by atoms with Crippen LogP contribution in [0.5, 0.6) is 11.5 Å². The first kappa shape index (κ1) is 24.4. The number of hydrogen-bond acceptors (Lipinski definition) is 4. The van der Waals surface area contributed by atoms with E-state index in [1.54, 1.807) is 14.2 Å². The van der Waals surface area contributed by atoms with Crippen LogP contribution in [0.3, 0.4) is 0 Å². The topological polar surface area (TPSA) is 24.9 Å². The van der Waals surface area contributed by atoms with E-state index in [-0.39, 0.29) is 0 Å². The third-order valence-electron chi connectivity index (χ3n) is 5.65. The average Bonchev–Trinajstić information content (AvgIpc) is 2.81. The number of nitrogens with zero attached hydrogens (tertiary/aromatic N) is 2. The summed E-state index contributed by atoms with van der Waals surface area (Å²) in [5.74, 6) is 1.78. The Morgan fingerprint density at radius 1 is 0.742 bits per heavy atom. The average molecular weight is 423 g/mol. The molecule has 2 aromatic carbocycles. The molecular formula is C27H38N2O2. The Balaban J connectivity index is 2.59. The summed E-state index contributed by atoms with van der Waals surface area (Å²) in [4.78, 5) is 4.61. The van der Waals surface area contributed by atoms with Crippen LogP contribution in [-0.2, 0) is 0 Å². The highest BCUT2D eigenvalue weighted by Gasteiger charge is 2.15. The van der Waals surface area contributed by atoms with E-state index in [0.29, 0.717) is 0 Å². The zero-order valence-electron chi connectivity index (χ0n) is 20.2. The molecule has 0 aliphatic rings. The highest BCUT2D eigenvalue weighted by Crippen LogP contribution is 2.37. The van der Waals surface area contributed by atoms with Gasteiger partial charge in [-0.1, -0.05) is 30.4 Å². The summed E-state index contributed by atoms with van der Waals surface area (Å²) in [6.45, 7) is 14.5. The van der Waals surface area contributed by atoms with Gasteiger partial charge in [0.25, 0.3) is 0 Å². The summed E-state index contributed by atoms with van der Waals surface area (Å²) in [6, 6.07) is 12.9. The van der Waals surface area contributed by atoms with E-state index in [0.717, 1.165) is 65.8 Å².